The standard InChI is InChI=1S/C23H25NO4/c1-15-6-8-18-16(12-23(25)28-22(18)11-15)14-24-10-4-5-20(24)19-9-7-17(26-2)13-21(19)27-3/h6-9,11-13,20H,4-5,10,14H2,1-3H3. The second kappa shape index (κ2) is 7.68. The molecule has 0 radical (unpaired) electrons. The van der Waals surface area contributed by atoms with Gasteiger partial charge in [0, 0.05) is 35.7 Å². The number of hydrogen-bond acceptors (Lipinski definition) is 5. The highest BCUT2D eigenvalue weighted by Crippen LogP contribution is 2.39. The van der Waals surface area contributed by atoms with E-state index in [2.05, 4.69) is 17.0 Å². The first-order valence-electron chi connectivity index (χ1n) is 9.58. The first-order valence-corrected chi connectivity index (χ1v) is 9.58. The third-order valence-electron chi connectivity index (χ3n) is 5.52. The van der Waals surface area contributed by atoms with E-state index in [9.17, 15) is 4.79 Å². The SMILES string of the molecule is COc1ccc(C2CCCN2Cc2cc(=O)oc3cc(C)ccc23)c(OC)c1. The Kier molecular flexibility index (Phi) is 5.09. The predicted octanol–water partition coefficient (Wildman–Crippen LogP) is 4.46. The van der Waals surface area contributed by atoms with E-state index in [1.165, 1.54) is 0 Å². The van der Waals surface area contributed by atoms with Gasteiger partial charge in [0.1, 0.15) is 17.1 Å². The average molecular weight is 379 g/mol. The quantitative estimate of drug-likeness (QED) is 0.613. The topological polar surface area (TPSA) is 51.9 Å². The van der Waals surface area contributed by atoms with Crippen LogP contribution < -0.4 is 15.1 Å². The molecule has 5 nitrogen and oxygen atoms in total. The first-order chi connectivity index (χ1) is 13.6. The summed E-state index contributed by atoms with van der Waals surface area (Å²) in [4.78, 5) is 14.5. The van der Waals surface area contributed by atoms with E-state index < -0.39 is 0 Å². The highest BCUT2D eigenvalue weighted by Gasteiger charge is 2.29. The fraction of sp³-hybridized carbons (Fsp3) is 0.348. The monoisotopic (exact) mass is 379 g/mol. The number of hydrogen-bond donors (Lipinski definition) is 0. The number of nitrogens with zero attached hydrogens (tertiary/aromatic N) is 1. The summed E-state index contributed by atoms with van der Waals surface area (Å²) in [5.41, 5.74) is 3.59. The fourth-order valence-electron chi connectivity index (χ4n) is 4.15. The van der Waals surface area contributed by atoms with Crippen molar-refractivity contribution in [1.82, 2.24) is 4.90 Å². The Balaban J connectivity index is 1.69. The molecule has 0 amide bonds. The number of fused-ring (bicyclic) bond motifs is 1. The van der Waals surface area contributed by atoms with Gasteiger partial charge in [-0.05, 0) is 49.6 Å². The largest absolute Gasteiger partial charge is 0.497 e. The molecule has 2 heterocycles. The van der Waals surface area contributed by atoms with Gasteiger partial charge in [-0.1, -0.05) is 18.2 Å². The minimum atomic E-state index is -0.300. The lowest BCUT2D eigenvalue weighted by molar-refractivity contribution is 0.243. The number of ether oxygens (including phenoxy) is 2. The summed E-state index contributed by atoms with van der Waals surface area (Å²) >= 11 is 0. The maximum atomic E-state index is 12.1. The third-order valence-corrected chi connectivity index (χ3v) is 5.52. The summed E-state index contributed by atoms with van der Waals surface area (Å²) in [5, 5.41) is 0.998. The summed E-state index contributed by atoms with van der Waals surface area (Å²) in [6.07, 6.45) is 2.17. The summed E-state index contributed by atoms with van der Waals surface area (Å²) in [6, 6.07) is 13.9. The van der Waals surface area contributed by atoms with Crippen molar-refractivity contribution >= 4 is 11.0 Å². The van der Waals surface area contributed by atoms with Crippen LogP contribution >= 0.6 is 0 Å². The van der Waals surface area contributed by atoms with E-state index in [0.717, 1.165) is 53.0 Å². The summed E-state index contributed by atoms with van der Waals surface area (Å²) in [6.45, 7) is 3.68. The van der Waals surface area contributed by atoms with E-state index in [4.69, 9.17) is 13.9 Å². The second-order valence-electron chi connectivity index (χ2n) is 7.33. The molecule has 0 bridgehead atoms. The van der Waals surface area contributed by atoms with Crippen LogP contribution in [0.5, 0.6) is 11.5 Å². The van der Waals surface area contributed by atoms with Crippen molar-refractivity contribution in [3.05, 3.63) is 69.6 Å². The van der Waals surface area contributed by atoms with Gasteiger partial charge in [0.05, 0.1) is 14.2 Å². The molecule has 0 saturated carbocycles. The predicted molar refractivity (Wildman–Crippen MR) is 109 cm³/mol. The summed E-state index contributed by atoms with van der Waals surface area (Å²) < 4.78 is 16.4. The second-order valence-corrected chi connectivity index (χ2v) is 7.33. The molecule has 1 atom stereocenters. The molecule has 1 aliphatic rings. The van der Waals surface area contributed by atoms with Crippen LogP contribution in [-0.2, 0) is 6.54 Å². The average Bonchev–Trinajstić information content (AvgIpc) is 3.14. The van der Waals surface area contributed by atoms with Gasteiger partial charge in [0.2, 0.25) is 0 Å². The van der Waals surface area contributed by atoms with E-state index in [-0.39, 0.29) is 11.7 Å². The summed E-state index contributed by atoms with van der Waals surface area (Å²) in [7, 11) is 3.35. The van der Waals surface area contributed by atoms with Gasteiger partial charge in [-0.25, -0.2) is 4.79 Å². The van der Waals surface area contributed by atoms with Gasteiger partial charge in [0.25, 0.3) is 0 Å². The normalized spacial score (nSPS) is 17.2. The fourth-order valence-corrected chi connectivity index (χ4v) is 4.15. The minimum Gasteiger partial charge on any atom is -0.497 e. The maximum absolute atomic E-state index is 12.1. The molecule has 1 saturated heterocycles. The van der Waals surface area contributed by atoms with Crippen molar-refractivity contribution in [1.29, 1.82) is 0 Å². The number of likely N-dealkylation sites (tertiary alicyclic amines) is 1. The van der Waals surface area contributed by atoms with Crippen LogP contribution in [0, 0.1) is 6.92 Å². The molecule has 4 rings (SSSR count). The third kappa shape index (κ3) is 3.50. The molecule has 2 aromatic carbocycles. The van der Waals surface area contributed by atoms with Gasteiger partial charge in [0.15, 0.2) is 0 Å². The zero-order valence-corrected chi connectivity index (χ0v) is 16.5. The molecular formula is C23H25NO4. The molecule has 0 N–H and O–H groups in total. The molecule has 1 unspecified atom stereocenters. The molecule has 146 valence electrons. The smallest absolute Gasteiger partial charge is 0.336 e. The van der Waals surface area contributed by atoms with Crippen LogP contribution in [-0.4, -0.2) is 25.7 Å². The molecule has 0 aliphatic carbocycles. The van der Waals surface area contributed by atoms with Crippen molar-refractivity contribution in [2.75, 3.05) is 20.8 Å². The first kappa shape index (κ1) is 18.6. The van der Waals surface area contributed by atoms with Crippen LogP contribution in [0.4, 0.5) is 0 Å². The maximum Gasteiger partial charge on any atom is 0.336 e. The van der Waals surface area contributed by atoms with E-state index in [1.807, 2.05) is 31.2 Å². The molecule has 1 aliphatic heterocycles. The van der Waals surface area contributed by atoms with Gasteiger partial charge in [-0.15, -0.1) is 0 Å². The molecule has 1 aromatic heterocycles. The number of methoxy groups -OCH3 is 2. The van der Waals surface area contributed by atoms with Gasteiger partial charge < -0.3 is 13.9 Å². The number of benzene rings is 2. The molecule has 1 fully saturated rings. The Labute approximate surface area is 164 Å². The Morgan fingerprint density at radius 1 is 1.11 bits per heavy atom. The molecule has 5 heteroatoms. The Morgan fingerprint density at radius 3 is 2.75 bits per heavy atom. The Bertz CT molecular complexity index is 1060. The van der Waals surface area contributed by atoms with Crippen molar-refractivity contribution in [3.8, 4) is 11.5 Å². The van der Waals surface area contributed by atoms with Crippen LogP contribution in [0.15, 0.2) is 51.7 Å². The molecule has 28 heavy (non-hydrogen) atoms. The van der Waals surface area contributed by atoms with Crippen molar-refractivity contribution in [2.45, 2.75) is 32.4 Å². The minimum absolute atomic E-state index is 0.244. The molecule has 3 aromatic rings. The van der Waals surface area contributed by atoms with Crippen molar-refractivity contribution in [3.63, 3.8) is 0 Å². The van der Waals surface area contributed by atoms with Gasteiger partial charge in [-0.2, -0.15) is 0 Å². The van der Waals surface area contributed by atoms with E-state index in [1.54, 1.807) is 20.3 Å². The zero-order valence-electron chi connectivity index (χ0n) is 16.5. The van der Waals surface area contributed by atoms with E-state index in [0.29, 0.717) is 12.1 Å². The number of aryl methyl sites for hydroxylation is 1. The molecular weight excluding hydrogens is 354 g/mol. The lowest BCUT2D eigenvalue weighted by Gasteiger charge is -2.26. The Morgan fingerprint density at radius 2 is 1.96 bits per heavy atom. The highest BCUT2D eigenvalue weighted by atomic mass is 16.5. The summed E-state index contributed by atoms with van der Waals surface area (Å²) in [5.74, 6) is 1.62. The van der Waals surface area contributed by atoms with Gasteiger partial charge in [-0.3, -0.25) is 4.90 Å². The lowest BCUT2D eigenvalue weighted by atomic mass is 10.0. The Hall–Kier alpha value is -2.79. The zero-order chi connectivity index (χ0) is 19.7. The molecule has 0 spiro atoms. The van der Waals surface area contributed by atoms with Crippen molar-refractivity contribution < 1.29 is 13.9 Å². The van der Waals surface area contributed by atoms with Crippen LogP contribution in [0.2, 0.25) is 0 Å². The van der Waals surface area contributed by atoms with Crippen LogP contribution in [0.1, 0.15) is 35.6 Å². The van der Waals surface area contributed by atoms with Gasteiger partial charge >= 0.3 is 5.63 Å². The number of rotatable bonds is 5. The van der Waals surface area contributed by atoms with Crippen molar-refractivity contribution in [2.24, 2.45) is 0 Å². The van der Waals surface area contributed by atoms with Crippen LogP contribution in [0.25, 0.3) is 11.0 Å². The van der Waals surface area contributed by atoms with E-state index >= 15 is 0 Å². The van der Waals surface area contributed by atoms with Crippen LogP contribution in [0.3, 0.4) is 0 Å². The highest BCUT2D eigenvalue weighted by molar-refractivity contribution is 5.80. The lowest BCUT2D eigenvalue weighted by Crippen LogP contribution is -2.24.